The van der Waals surface area contributed by atoms with Crippen LogP contribution in [0.4, 0.5) is 0 Å². The van der Waals surface area contributed by atoms with Crippen molar-refractivity contribution in [2.24, 2.45) is 21.2 Å². The molecule has 212 valence electrons. The molecular formula is C33H28N8O2. The maximum atomic E-state index is 13.5. The van der Waals surface area contributed by atoms with Gasteiger partial charge in [0.2, 0.25) is 0 Å². The van der Waals surface area contributed by atoms with Crippen molar-refractivity contribution >= 4 is 63.1 Å². The molecular weight excluding hydrogens is 540 g/mol. The van der Waals surface area contributed by atoms with Crippen LogP contribution >= 0.6 is 0 Å². The Hall–Kier alpha value is -5.64. The van der Waals surface area contributed by atoms with Crippen LogP contribution < -0.4 is 21.6 Å². The fourth-order valence-corrected chi connectivity index (χ4v) is 5.97. The number of benzene rings is 3. The lowest BCUT2D eigenvalue weighted by molar-refractivity contribution is -0.122. The smallest absolute Gasteiger partial charge is 0.261 e. The highest BCUT2D eigenvalue weighted by molar-refractivity contribution is 6.49. The second-order valence-corrected chi connectivity index (χ2v) is 10.4. The molecule has 0 atom stereocenters. The van der Waals surface area contributed by atoms with Crippen molar-refractivity contribution in [2.75, 3.05) is 6.54 Å². The summed E-state index contributed by atoms with van der Waals surface area (Å²) < 4.78 is 3.97. The summed E-state index contributed by atoms with van der Waals surface area (Å²) in [6.45, 7) is 1.02. The quantitative estimate of drug-likeness (QED) is 0.0739. The Bertz CT molecular complexity index is 2150. The molecule has 0 fully saturated rings. The SMILES string of the molecule is NC=NN=NCCCn1nc(C2=C(c3cn(-c4ccc5ccccc5c4)c4ccccc34)C(=O)NC2=O)c2c1=CCCC=2. The van der Waals surface area contributed by atoms with Gasteiger partial charge in [-0.15, -0.1) is 5.10 Å². The van der Waals surface area contributed by atoms with E-state index in [4.69, 9.17) is 10.8 Å². The molecule has 43 heavy (non-hydrogen) atoms. The van der Waals surface area contributed by atoms with Crippen molar-refractivity contribution in [3.8, 4) is 5.69 Å². The van der Waals surface area contributed by atoms with Gasteiger partial charge in [-0.2, -0.15) is 10.2 Å². The molecule has 2 amide bonds. The molecule has 10 nitrogen and oxygen atoms in total. The van der Waals surface area contributed by atoms with Crippen LogP contribution in [0.2, 0.25) is 0 Å². The molecule has 2 aliphatic rings. The number of hydrogen-bond donors (Lipinski definition) is 2. The van der Waals surface area contributed by atoms with Gasteiger partial charge in [0.05, 0.1) is 28.6 Å². The summed E-state index contributed by atoms with van der Waals surface area (Å²) in [6, 6.07) is 22.4. The predicted octanol–water partition coefficient (Wildman–Crippen LogP) is 3.65. The molecule has 5 aromatic rings. The van der Waals surface area contributed by atoms with E-state index in [9.17, 15) is 9.59 Å². The lowest BCUT2D eigenvalue weighted by atomic mass is 9.97. The minimum atomic E-state index is -0.442. The minimum Gasteiger partial charge on any atom is -0.388 e. The van der Waals surface area contributed by atoms with Crippen LogP contribution in [0.15, 0.2) is 88.4 Å². The van der Waals surface area contributed by atoms with Crippen molar-refractivity contribution in [2.45, 2.75) is 25.8 Å². The molecule has 0 spiro atoms. The lowest BCUT2D eigenvalue weighted by Gasteiger charge is -2.07. The second kappa shape index (κ2) is 11.0. The van der Waals surface area contributed by atoms with Gasteiger partial charge < -0.3 is 10.3 Å². The van der Waals surface area contributed by atoms with Crippen LogP contribution in [0.1, 0.15) is 30.5 Å². The lowest BCUT2D eigenvalue weighted by Crippen LogP contribution is -2.33. The van der Waals surface area contributed by atoms with Gasteiger partial charge in [0.15, 0.2) is 0 Å². The number of aryl methyl sites for hydroxylation is 1. The summed E-state index contributed by atoms with van der Waals surface area (Å²) in [5.41, 5.74) is 8.93. The van der Waals surface area contributed by atoms with Gasteiger partial charge in [0, 0.05) is 34.6 Å². The molecule has 0 saturated carbocycles. The average Bonchev–Trinajstić information content (AvgIpc) is 3.69. The van der Waals surface area contributed by atoms with E-state index >= 15 is 0 Å². The fraction of sp³-hybridized carbons (Fsp3) is 0.152. The Kier molecular flexibility index (Phi) is 6.71. The Morgan fingerprint density at radius 2 is 1.72 bits per heavy atom. The van der Waals surface area contributed by atoms with Crippen LogP contribution in [-0.4, -0.2) is 39.0 Å². The number of carbonyl (C=O) groups is 2. The van der Waals surface area contributed by atoms with Gasteiger partial charge in [-0.05, 0) is 53.5 Å². The van der Waals surface area contributed by atoms with Gasteiger partial charge in [0.1, 0.15) is 12.0 Å². The first-order valence-corrected chi connectivity index (χ1v) is 14.2. The van der Waals surface area contributed by atoms with Crippen molar-refractivity contribution in [1.82, 2.24) is 19.7 Å². The van der Waals surface area contributed by atoms with Crippen molar-refractivity contribution in [3.63, 3.8) is 0 Å². The van der Waals surface area contributed by atoms with Gasteiger partial charge in [-0.1, -0.05) is 60.7 Å². The van der Waals surface area contributed by atoms with Crippen LogP contribution in [-0.2, 0) is 16.1 Å². The van der Waals surface area contributed by atoms with Gasteiger partial charge >= 0.3 is 0 Å². The zero-order chi connectivity index (χ0) is 29.3. The fourth-order valence-electron chi connectivity index (χ4n) is 5.97. The molecule has 2 aromatic heterocycles. The molecule has 0 unspecified atom stereocenters. The second-order valence-electron chi connectivity index (χ2n) is 10.4. The number of hydrogen-bond acceptors (Lipinski definition) is 5. The highest BCUT2D eigenvalue weighted by atomic mass is 16.2. The number of carbonyl (C=O) groups excluding carboxylic acids is 2. The maximum absolute atomic E-state index is 13.5. The van der Waals surface area contributed by atoms with E-state index in [0.29, 0.717) is 41.9 Å². The first kappa shape index (κ1) is 26.3. The summed E-state index contributed by atoms with van der Waals surface area (Å²) in [5, 5.41) is 23.6. The Morgan fingerprint density at radius 3 is 2.60 bits per heavy atom. The third-order valence-corrected chi connectivity index (χ3v) is 7.85. The number of nitrogens with two attached hydrogens (primary N) is 1. The highest BCUT2D eigenvalue weighted by Crippen LogP contribution is 2.36. The number of imide groups is 1. The monoisotopic (exact) mass is 568 g/mol. The largest absolute Gasteiger partial charge is 0.388 e. The number of aromatic nitrogens is 3. The van der Waals surface area contributed by atoms with Gasteiger partial charge in [-0.3, -0.25) is 19.6 Å². The van der Waals surface area contributed by atoms with E-state index in [2.05, 4.69) is 67.8 Å². The Balaban J connectivity index is 1.38. The van der Waals surface area contributed by atoms with E-state index in [1.165, 1.54) is 0 Å². The topological polar surface area (TPSA) is 132 Å². The minimum absolute atomic E-state index is 0.296. The van der Waals surface area contributed by atoms with Gasteiger partial charge in [-0.25, -0.2) is 0 Å². The number of fused-ring (bicyclic) bond motifs is 3. The van der Waals surface area contributed by atoms with Crippen LogP contribution in [0.3, 0.4) is 0 Å². The zero-order valence-electron chi connectivity index (χ0n) is 23.3. The zero-order valence-corrected chi connectivity index (χ0v) is 23.3. The average molecular weight is 569 g/mol. The molecule has 3 heterocycles. The third kappa shape index (κ3) is 4.62. The summed E-state index contributed by atoms with van der Waals surface area (Å²) in [7, 11) is 0. The molecule has 7 rings (SSSR count). The summed E-state index contributed by atoms with van der Waals surface area (Å²) in [4.78, 5) is 27.0. The number of para-hydroxylation sites is 1. The maximum Gasteiger partial charge on any atom is 0.261 e. The van der Waals surface area contributed by atoms with E-state index in [1.807, 2.05) is 47.3 Å². The molecule has 0 radical (unpaired) electrons. The van der Waals surface area contributed by atoms with Crippen molar-refractivity contribution in [1.29, 1.82) is 0 Å². The number of rotatable bonds is 8. The van der Waals surface area contributed by atoms with Crippen molar-refractivity contribution < 1.29 is 9.59 Å². The van der Waals surface area contributed by atoms with Crippen molar-refractivity contribution in [3.05, 3.63) is 94.8 Å². The summed E-state index contributed by atoms with van der Waals surface area (Å²) in [5.74, 6) is -0.868. The summed E-state index contributed by atoms with van der Waals surface area (Å²) in [6.07, 6.45) is 9.64. The predicted molar refractivity (Wildman–Crippen MR) is 167 cm³/mol. The van der Waals surface area contributed by atoms with Crippen LogP contribution in [0.25, 0.3) is 50.7 Å². The Labute approximate surface area is 246 Å². The van der Waals surface area contributed by atoms with E-state index in [1.54, 1.807) is 0 Å². The third-order valence-electron chi connectivity index (χ3n) is 7.85. The molecule has 3 aromatic carbocycles. The standard InChI is InChI=1S/C33H28N8O2/c34-20-36-39-35-16-7-17-41-28-13-6-4-11-25(28)31(38-41)30-29(32(42)37-33(30)43)26-19-40(27-12-5-3-10-24(26)27)23-15-14-21-8-1-2-9-22(21)18-23/h1-3,5,8-15,18-20H,4,6-7,16-17H2,(H2,34,35,36)(H,37,42,43). The Morgan fingerprint density at radius 1 is 0.930 bits per heavy atom. The molecule has 1 aliphatic carbocycles. The van der Waals surface area contributed by atoms with E-state index < -0.39 is 11.8 Å². The van der Waals surface area contributed by atoms with Gasteiger partial charge in [0.25, 0.3) is 11.8 Å². The first-order chi connectivity index (χ1) is 21.1. The molecule has 1 aliphatic heterocycles. The van der Waals surface area contributed by atoms with Crippen LogP contribution in [0, 0.1) is 0 Å². The number of nitrogens with zero attached hydrogens (tertiary/aromatic N) is 6. The highest BCUT2D eigenvalue weighted by Gasteiger charge is 2.36. The molecule has 0 saturated heterocycles. The van der Waals surface area contributed by atoms with E-state index in [0.717, 1.165) is 57.1 Å². The van der Waals surface area contributed by atoms with E-state index in [-0.39, 0.29) is 0 Å². The number of nitrogens with one attached hydrogen (secondary N) is 1. The first-order valence-electron chi connectivity index (χ1n) is 14.2. The molecule has 0 bridgehead atoms. The number of amides is 2. The normalized spacial score (nSPS) is 15.1. The molecule has 10 heteroatoms. The summed E-state index contributed by atoms with van der Waals surface area (Å²) >= 11 is 0. The molecule has 3 N–H and O–H groups in total. The van der Waals surface area contributed by atoms with Crippen LogP contribution in [0.5, 0.6) is 0 Å².